The van der Waals surface area contributed by atoms with Gasteiger partial charge in [0.1, 0.15) is 0 Å². The lowest BCUT2D eigenvalue weighted by Crippen LogP contribution is -2.48. The summed E-state index contributed by atoms with van der Waals surface area (Å²) in [7, 11) is -3.36. The van der Waals surface area contributed by atoms with E-state index in [1.807, 2.05) is 30.3 Å². The first kappa shape index (κ1) is 30.2. The first-order chi connectivity index (χ1) is 26.2. The number of fused-ring (bicyclic) bond motifs is 11. The molecule has 0 amide bonds. The minimum atomic E-state index is -3.36. The zero-order chi connectivity index (χ0) is 35.1. The number of rotatable bonds is 4. The molecule has 0 saturated carbocycles. The van der Waals surface area contributed by atoms with E-state index >= 15 is 4.57 Å². The Bertz CT molecular complexity index is 2890. The fourth-order valence-corrected chi connectivity index (χ4v) is 12.5. The van der Waals surface area contributed by atoms with Crippen LogP contribution in [0.1, 0.15) is 22.3 Å². The molecule has 3 heterocycles. The van der Waals surface area contributed by atoms with Crippen LogP contribution in [0.25, 0.3) is 27.5 Å². The highest BCUT2D eigenvalue weighted by atomic mass is 31.2. The minimum absolute atomic E-state index is 0.774. The van der Waals surface area contributed by atoms with Gasteiger partial charge in [-0.2, -0.15) is 0 Å². The van der Waals surface area contributed by atoms with Crippen molar-refractivity contribution in [1.29, 1.82) is 0 Å². The van der Waals surface area contributed by atoms with Crippen molar-refractivity contribution in [1.82, 2.24) is 4.57 Å². The molecule has 2 aliphatic rings. The molecule has 1 spiro atoms. The molecular weight excluding hydrogens is 664 g/mol. The van der Waals surface area contributed by atoms with E-state index in [1.165, 1.54) is 32.9 Å². The van der Waals surface area contributed by atoms with E-state index < -0.39 is 12.6 Å². The number of anilines is 3. The molecule has 0 radical (unpaired) electrons. The molecule has 4 heteroatoms. The van der Waals surface area contributed by atoms with Crippen LogP contribution in [-0.4, -0.2) is 4.57 Å². The van der Waals surface area contributed by atoms with Crippen LogP contribution in [0, 0.1) is 0 Å². The summed E-state index contributed by atoms with van der Waals surface area (Å²) in [5.74, 6) is 0. The second kappa shape index (κ2) is 11.3. The standard InChI is InChI=1S/C49H33N2OP/c52-53(37-21-8-3-9-22-37)46-30-15-12-26-41(46)49(43-33-36(31-32-47(43)53)50(34-17-4-1-5-18-34)35-19-6-2-7-20-35)40-25-11-14-29-45(40)51-44-28-13-10-23-38(44)39-24-16-27-42(49)48(39)51/h1-33H. The molecule has 0 aliphatic carbocycles. The quantitative estimate of drug-likeness (QED) is 0.171. The van der Waals surface area contributed by atoms with Crippen molar-refractivity contribution < 1.29 is 4.57 Å². The first-order valence-corrected chi connectivity index (χ1v) is 19.8. The number of hydrogen-bond donors (Lipinski definition) is 0. The second-order valence-corrected chi connectivity index (χ2v) is 16.7. The lowest BCUT2D eigenvalue weighted by Gasteiger charge is -2.48. The zero-order valence-electron chi connectivity index (χ0n) is 28.8. The molecule has 2 aliphatic heterocycles. The van der Waals surface area contributed by atoms with Crippen LogP contribution in [0.5, 0.6) is 0 Å². The minimum Gasteiger partial charge on any atom is -0.310 e. The van der Waals surface area contributed by atoms with Gasteiger partial charge in [-0.25, -0.2) is 0 Å². The van der Waals surface area contributed by atoms with Crippen molar-refractivity contribution in [3.63, 3.8) is 0 Å². The number of para-hydroxylation sites is 5. The van der Waals surface area contributed by atoms with Crippen LogP contribution in [0.15, 0.2) is 200 Å². The van der Waals surface area contributed by atoms with E-state index in [4.69, 9.17) is 0 Å². The topological polar surface area (TPSA) is 25.2 Å². The maximum Gasteiger partial charge on any atom is 0.171 e. The van der Waals surface area contributed by atoms with E-state index in [2.05, 4.69) is 179 Å². The van der Waals surface area contributed by atoms with Gasteiger partial charge in [-0.15, -0.1) is 0 Å². The van der Waals surface area contributed by atoms with E-state index in [9.17, 15) is 0 Å². The fraction of sp³-hybridized carbons (Fsp3) is 0.0204. The lowest BCUT2D eigenvalue weighted by atomic mass is 9.62. The van der Waals surface area contributed by atoms with E-state index in [-0.39, 0.29) is 0 Å². The van der Waals surface area contributed by atoms with Crippen LogP contribution >= 0.6 is 7.14 Å². The van der Waals surface area contributed by atoms with Gasteiger partial charge in [0, 0.05) is 43.7 Å². The van der Waals surface area contributed by atoms with Crippen molar-refractivity contribution in [2.45, 2.75) is 5.41 Å². The number of hydrogen-bond acceptors (Lipinski definition) is 2. The van der Waals surface area contributed by atoms with Crippen LogP contribution in [0.2, 0.25) is 0 Å². The highest BCUT2D eigenvalue weighted by Gasteiger charge is 2.54. The van der Waals surface area contributed by atoms with Gasteiger partial charge in [0.05, 0.1) is 22.1 Å². The molecular formula is C49H33N2OP. The summed E-state index contributed by atoms with van der Waals surface area (Å²) in [5, 5.41) is 5.06. The summed E-state index contributed by atoms with van der Waals surface area (Å²) in [6.45, 7) is 0. The molecule has 0 fully saturated rings. The van der Waals surface area contributed by atoms with Crippen molar-refractivity contribution >= 4 is 61.9 Å². The number of nitrogens with zero attached hydrogens (tertiary/aromatic N) is 2. The summed E-state index contributed by atoms with van der Waals surface area (Å²) >= 11 is 0. The summed E-state index contributed by atoms with van der Waals surface area (Å²) in [6, 6.07) is 70.8. The van der Waals surface area contributed by atoms with Crippen LogP contribution in [0.4, 0.5) is 17.1 Å². The number of benzene rings is 8. The summed E-state index contributed by atoms with van der Waals surface area (Å²) in [5.41, 5.74) is 10.4. The molecule has 3 nitrogen and oxygen atoms in total. The zero-order valence-corrected chi connectivity index (χ0v) is 29.7. The number of aromatic nitrogens is 1. The molecule has 250 valence electrons. The van der Waals surface area contributed by atoms with Gasteiger partial charge in [-0.05, 0) is 76.9 Å². The third-order valence-corrected chi connectivity index (χ3v) is 14.6. The summed E-state index contributed by atoms with van der Waals surface area (Å²) in [6.07, 6.45) is 0. The molecule has 11 rings (SSSR count). The normalized spacial score (nSPS) is 18.0. The Morgan fingerprint density at radius 1 is 0.434 bits per heavy atom. The average molecular weight is 697 g/mol. The molecule has 0 N–H and O–H groups in total. The third-order valence-electron chi connectivity index (χ3n) is 11.4. The molecule has 53 heavy (non-hydrogen) atoms. The monoisotopic (exact) mass is 696 g/mol. The summed E-state index contributed by atoms with van der Waals surface area (Å²) < 4.78 is 18.9. The lowest BCUT2D eigenvalue weighted by molar-refractivity contribution is 0.590. The molecule has 2 atom stereocenters. The molecule has 0 bridgehead atoms. The van der Waals surface area contributed by atoms with E-state index in [1.54, 1.807) is 0 Å². The van der Waals surface area contributed by atoms with Crippen molar-refractivity contribution in [2.24, 2.45) is 0 Å². The van der Waals surface area contributed by atoms with Crippen LogP contribution in [0.3, 0.4) is 0 Å². The Morgan fingerprint density at radius 3 is 1.75 bits per heavy atom. The van der Waals surface area contributed by atoms with Gasteiger partial charge in [-0.1, -0.05) is 146 Å². The third kappa shape index (κ3) is 3.98. The highest BCUT2D eigenvalue weighted by Crippen LogP contribution is 2.61. The Hall–Kier alpha value is -6.41. The fourth-order valence-electron chi connectivity index (χ4n) is 9.38. The van der Waals surface area contributed by atoms with Gasteiger partial charge in [0.25, 0.3) is 0 Å². The molecule has 8 aromatic carbocycles. The van der Waals surface area contributed by atoms with Gasteiger partial charge in [-0.3, -0.25) is 0 Å². The average Bonchev–Trinajstić information content (AvgIpc) is 3.57. The highest BCUT2D eigenvalue weighted by molar-refractivity contribution is 7.85. The Labute approximate surface area is 308 Å². The SMILES string of the molecule is O=P1(c2ccccc2)c2ccccc2C2(c3ccccc3-n3c4ccccc4c4cccc2c43)c2cc(N(c3ccccc3)c3ccccc3)ccc21. The van der Waals surface area contributed by atoms with E-state index in [0.717, 1.165) is 49.8 Å². The molecule has 2 unspecified atom stereocenters. The Balaban J connectivity index is 1.34. The molecule has 9 aromatic rings. The van der Waals surface area contributed by atoms with Gasteiger partial charge < -0.3 is 14.0 Å². The smallest absolute Gasteiger partial charge is 0.171 e. The second-order valence-electron chi connectivity index (χ2n) is 14.0. The van der Waals surface area contributed by atoms with E-state index in [0.29, 0.717) is 0 Å². The predicted octanol–water partition coefficient (Wildman–Crippen LogP) is 10.9. The van der Waals surface area contributed by atoms with Crippen molar-refractivity contribution in [3.05, 3.63) is 222 Å². The van der Waals surface area contributed by atoms with Gasteiger partial charge in [0.2, 0.25) is 0 Å². The van der Waals surface area contributed by atoms with Gasteiger partial charge in [0.15, 0.2) is 7.14 Å². The van der Waals surface area contributed by atoms with Crippen molar-refractivity contribution in [2.75, 3.05) is 4.90 Å². The maximum atomic E-state index is 16.4. The summed E-state index contributed by atoms with van der Waals surface area (Å²) in [4.78, 5) is 2.31. The molecule has 0 saturated heterocycles. The van der Waals surface area contributed by atoms with Crippen LogP contribution < -0.4 is 20.8 Å². The molecule has 1 aromatic heterocycles. The first-order valence-electron chi connectivity index (χ1n) is 18.1. The van der Waals surface area contributed by atoms with Crippen LogP contribution in [-0.2, 0) is 9.98 Å². The largest absolute Gasteiger partial charge is 0.310 e. The van der Waals surface area contributed by atoms with Gasteiger partial charge >= 0.3 is 0 Å². The van der Waals surface area contributed by atoms with Crippen molar-refractivity contribution in [3.8, 4) is 5.69 Å². The Morgan fingerprint density at radius 2 is 1.00 bits per heavy atom. The maximum absolute atomic E-state index is 16.4. The predicted molar refractivity (Wildman–Crippen MR) is 220 cm³/mol. The Kier molecular flexibility index (Phi) is 6.44.